The smallest absolute Gasteiger partial charge is 0.308 e. The highest BCUT2D eigenvalue weighted by Gasteiger charge is 2.24. The van der Waals surface area contributed by atoms with Gasteiger partial charge in [-0.1, -0.05) is 0 Å². The van der Waals surface area contributed by atoms with Gasteiger partial charge in [0.2, 0.25) is 0 Å². The topological polar surface area (TPSA) is 85.2 Å². The van der Waals surface area contributed by atoms with Crippen molar-refractivity contribution in [3.05, 3.63) is 29.6 Å². The first-order valence-electron chi connectivity index (χ1n) is 6.42. The molecule has 2 unspecified atom stereocenters. The van der Waals surface area contributed by atoms with Crippen molar-refractivity contribution in [2.75, 3.05) is 20.5 Å². The van der Waals surface area contributed by atoms with Gasteiger partial charge in [-0.25, -0.2) is 4.39 Å². The Morgan fingerprint density at radius 2 is 2.10 bits per heavy atom. The number of hydrogen-bond acceptors (Lipinski definition) is 6. The monoisotopic (exact) mass is 302 g/mol. The Bertz CT molecular complexity index is 465. The van der Waals surface area contributed by atoms with Gasteiger partial charge in [-0.2, -0.15) is 0 Å². The molecule has 0 aliphatic rings. The molecule has 2 N–H and O–H groups in total. The molecular formula is C14H19FO6. The maximum Gasteiger partial charge on any atom is 0.308 e. The highest BCUT2D eigenvalue weighted by Crippen LogP contribution is 2.25. The summed E-state index contributed by atoms with van der Waals surface area (Å²) in [5, 5.41) is 19.6. The zero-order valence-electron chi connectivity index (χ0n) is 11.9. The van der Waals surface area contributed by atoms with Crippen LogP contribution in [0.4, 0.5) is 4.39 Å². The number of aliphatic hydroxyl groups excluding tert-OH is 2. The molecule has 0 aliphatic heterocycles. The molecule has 2 atom stereocenters. The first-order valence-corrected chi connectivity index (χ1v) is 6.42. The fourth-order valence-electron chi connectivity index (χ4n) is 1.67. The van der Waals surface area contributed by atoms with Gasteiger partial charge in [0, 0.05) is 18.7 Å². The molecule has 21 heavy (non-hydrogen) atoms. The van der Waals surface area contributed by atoms with E-state index in [1.165, 1.54) is 19.2 Å². The minimum atomic E-state index is -1.54. The largest absolute Gasteiger partial charge is 0.467 e. The summed E-state index contributed by atoms with van der Waals surface area (Å²) in [6, 6.07) is 3.77. The average molecular weight is 302 g/mol. The zero-order chi connectivity index (χ0) is 15.8. The van der Waals surface area contributed by atoms with Crippen LogP contribution in [0.25, 0.3) is 0 Å². The van der Waals surface area contributed by atoms with Crippen LogP contribution in [0.3, 0.4) is 0 Å². The maximum atomic E-state index is 13.9. The van der Waals surface area contributed by atoms with Crippen LogP contribution in [0.15, 0.2) is 18.2 Å². The first kappa shape index (κ1) is 17.4. The minimum Gasteiger partial charge on any atom is -0.467 e. The lowest BCUT2D eigenvalue weighted by Crippen LogP contribution is -2.23. The van der Waals surface area contributed by atoms with Crippen molar-refractivity contribution in [2.24, 2.45) is 0 Å². The summed E-state index contributed by atoms with van der Waals surface area (Å²) < 4.78 is 28.3. The Morgan fingerprint density at radius 3 is 2.67 bits per heavy atom. The molecule has 0 radical (unpaired) electrons. The molecule has 118 valence electrons. The molecule has 0 fully saturated rings. The number of ether oxygens (including phenoxy) is 3. The molecule has 1 aromatic rings. The van der Waals surface area contributed by atoms with Crippen molar-refractivity contribution in [3.8, 4) is 5.75 Å². The number of rotatable bonds is 8. The van der Waals surface area contributed by atoms with Crippen molar-refractivity contribution in [1.29, 1.82) is 0 Å². The van der Waals surface area contributed by atoms with Crippen LogP contribution in [0.5, 0.6) is 5.75 Å². The van der Waals surface area contributed by atoms with Crippen LogP contribution in [-0.4, -0.2) is 42.8 Å². The van der Waals surface area contributed by atoms with E-state index < -0.39 is 30.4 Å². The summed E-state index contributed by atoms with van der Waals surface area (Å²) in [4.78, 5) is 11.2. The summed E-state index contributed by atoms with van der Waals surface area (Å²) in [5.41, 5.74) is -0.128. The van der Waals surface area contributed by atoms with Crippen LogP contribution in [0.1, 0.15) is 25.0 Å². The number of carbonyl (C=O) groups excluding carboxylic acids is 1. The lowest BCUT2D eigenvalue weighted by Gasteiger charge is -2.18. The van der Waals surface area contributed by atoms with E-state index in [9.17, 15) is 19.4 Å². The third kappa shape index (κ3) is 5.30. The standard InChI is InChI=1S/C14H19FO6/c1-3-20-13(17)7-12(16)14(18)10-5-4-9(6-11(10)15)21-8-19-2/h4-6,12,14,16,18H,3,7-8H2,1-2H3. The highest BCUT2D eigenvalue weighted by atomic mass is 19.1. The second-order valence-corrected chi connectivity index (χ2v) is 4.26. The number of aliphatic hydroxyl groups is 2. The number of benzene rings is 1. The molecule has 0 bridgehead atoms. The molecule has 1 aromatic carbocycles. The second kappa shape index (κ2) is 8.56. The molecule has 0 spiro atoms. The van der Waals surface area contributed by atoms with Gasteiger partial charge in [0.15, 0.2) is 6.79 Å². The zero-order valence-corrected chi connectivity index (χ0v) is 11.9. The van der Waals surface area contributed by atoms with Gasteiger partial charge in [-0.3, -0.25) is 4.79 Å². The molecule has 0 saturated carbocycles. The third-order valence-electron chi connectivity index (χ3n) is 2.68. The Kier molecular flexibility index (Phi) is 7.07. The summed E-state index contributed by atoms with van der Waals surface area (Å²) in [6.45, 7) is 1.76. The molecule has 6 nitrogen and oxygen atoms in total. The quantitative estimate of drug-likeness (QED) is 0.553. The van der Waals surface area contributed by atoms with Crippen molar-refractivity contribution < 1.29 is 33.6 Å². The van der Waals surface area contributed by atoms with E-state index in [0.29, 0.717) is 0 Å². The Hall–Kier alpha value is -1.70. The Labute approximate surface area is 122 Å². The summed E-state index contributed by atoms with van der Waals surface area (Å²) in [6.07, 6.45) is -3.41. The van der Waals surface area contributed by atoms with E-state index in [4.69, 9.17) is 4.74 Å². The number of methoxy groups -OCH3 is 1. The molecule has 0 aromatic heterocycles. The lowest BCUT2D eigenvalue weighted by atomic mass is 10.0. The highest BCUT2D eigenvalue weighted by molar-refractivity contribution is 5.70. The molecule has 0 heterocycles. The average Bonchev–Trinajstić information content (AvgIpc) is 2.44. The Morgan fingerprint density at radius 1 is 1.38 bits per heavy atom. The summed E-state index contributed by atoms with van der Waals surface area (Å²) >= 11 is 0. The van der Waals surface area contributed by atoms with Crippen molar-refractivity contribution >= 4 is 5.97 Å². The van der Waals surface area contributed by atoms with E-state index in [-0.39, 0.29) is 24.7 Å². The van der Waals surface area contributed by atoms with Gasteiger partial charge in [-0.05, 0) is 19.1 Å². The fourth-order valence-corrected chi connectivity index (χ4v) is 1.67. The van der Waals surface area contributed by atoms with Gasteiger partial charge >= 0.3 is 5.97 Å². The third-order valence-corrected chi connectivity index (χ3v) is 2.68. The molecule has 7 heteroatoms. The van der Waals surface area contributed by atoms with E-state index in [0.717, 1.165) is 6.07 Å². The van der Waals surface area contributed by atoms with Crippen molar-refractivity contribution in [2.45, 2.75) is 25.6 Å². The first-order chi connectivity index (χ1) is 9.99. The van der Waals surface area contributed by atoms with Crippen LogP contribution in [0.2, 0.25) is 0 Å². The van der Waals surface area contributed by atoms with Gasteiger partial charge < -0.3 is 24.4 Å². The van der Waals surface area contributed by atoms with E-state index >= 15 is 0 Å². The maximum absolute atomic E-state index is 13.9. The van der Waals surface area contributed by atoms with Crippen molar-refractivity contribution in [1.82, 2.24) is 0 Å². The van der Waals surface area contributed by atoms with Crippen LogP contribution < -0.4 is 4.74 Å². The van der Waals surface area contributed by atoms with Gasteiger partial charge in [0.05, 0.1) is 19.1 Å². The predicted octanol–water partition coefficient (Wildman–Crippen LogP) is 1.16. The number of halogens is 1. The minimum absolute atomic E-state index is 0.0349. The number of esters is 1. The summed E-state index contributed by atoms with van der Waals surface area (Å²) in [7, 11) is 1.43. The van der Waals surface area contributed by atoms with Crippen LogP contribution in [-0.2, 0) is 14.3 Å². The number of hydrogen-bond donors (Lipinski definition) is 2. The molecule has 0 saturated heterocycles. The van der Waals surface area contributed by atoms with E-state index in [1.54, 1.807) is 6.92 Å². The molecule has 1 rings (SSSR count). The number of carbonyl (C=O) groups is 1. The predicted molar refractivity (Wildman–Crippen MR) is 71.1 cm³/mol. The Balaban J connectivity index is 2.72. The molecular weight excluding hydrogens is 283 g/mol. The van der Waals surface area contributed by atoms with Crippen molar-refractivity contribution in [3.63, 3.8) is 0 Å². The second-order valence-electron chi connectivity index (χ2n) is 4.26. The normalized spacial score (nSPS) is 13.6. The molecule has 0 amide bonds. The van der Waals surface area contributed by atoms with Gasteiger partial charge in [0.25, 0.3) is 0 Å². The van der Waals surface area contributed by atoms with Crippen LogP contribution in [0, 0.1) is 5.82 Å². The SMILES string of the molecule is CCOC(=O)CC(O)C(O)c1ccc(OCOC)cc1F. The van der Waals surface area contributed by atoms with Crippen LogP contribution >= 0.6 is 0 Å². The van der Waals surface area contributed by atoms with Gasteiger partial charge in [-0.15, -0.1) is 0 Å². The molecule has 0 aliphatic carbocycles. The lowest BCUT2D eigenvalue weighted by molar-refractivity contribution is -0.147. The fraction of sp³-hybridized carbons (Fsp3) is 0.500. The van der Waals surface area contributed by atoms with Gasteiger partial charge in [0.1, 0.15) is 17.7 Å². The van der Waals surface area contributed by atoms with E-state index in [1.807, 2.05) is 0 Å². The van der Waals surface area contributed by atoms with E-state index in [2.05, 4.69) is 9.47 Å². The summed E-state index contributed by atoms with van der Waals surface area (Å²) in [5.74, 6) is -1.19.